The van der Waals surface area contributed by atoms with Crippen LogP contribution in [0.2, 0.25) is 0 Å². The molecule has 0 saturated carbocycles. The normalized spacial score (nSPS) is 14.3. The fourth-order valence-corrected chi connectivity index (χ4v) is 1.24. The van der Waals surface area contributed by atoms with Crippen LogP contribution in [0, 0.1) is 0 Å². The van der Waals surface area contributed by atoms with Crippen LogP contribution in [-0.2, 0) is 4.74 Å². The number of nitrogens with one attached hydrogen (secondary N) is 1. The number of carbonyl (C=O) groups excluding carboxylic acids is 1. The monoisotopic (exact) mass is 261 g/mol. The molecule has 0 aliphatic rings. The SMILES string of the molecule is C=CCC(F)(F)C(C=CC)NC(=O)OC(C)(C)C. The molecule has 18 heavy (non-hydrogen) atoms. The first-order chi connectivity index (χ1) is 8.12. The van der Waals surface area contributed by atoms with Crippen LogP contribution in [0.15, 0.2) is 24.8 Å². The number of hydrogen-bond donors (Lipinski definition) is 1. The standard InChI is InChI=1S/C13H21F2NO2/c1-6-8-10(13(14,15)9-7-2)16-11(17)18-12(3,4)5/h6-8,10H,2,9H2,1,3-5H3,(H,16,17). The highest BCUT2D eigenvalue weighted by atomic mass is 19.3. The van der Waals surface area contributed by atoms with Gasteiger partial charge in [-0.25, -0.2) is 13.6 Å². The number of hydrogen-bond acceptors (Lipinski definition) is 2. The van der Waals surface area contributed by atoms with Crippen molar-refractivity contribution in [2.75, 3.05) is 0 Å². The van der Waals surface area contributed by atoms with Crippen LogP contribution in [0.25, 0.3) is 0 Å². The Labute approximate surface area is 107 Å². The zero-order chi connectivity index (χ0) is 14.4. The number of carbonyl (C=O) groups is 1. The number of alkyl carbamates (subject to hydrolysis) is 1. The molecule has 0 aliphatic heterocycles. The molecule has 1 unspecified atom stereocenters. The molecule has 0 spiro atoms. The van der Waals surface area contributed by atoms with Crippen LogP contribution >= 0.6 is 0 Å². The molecule has 1 amide bonds. The first-order valence-corrected chi connectivity index (χ1v) is 5.73. The van der Waals surface area contributed by atoms with Crippen molar-refractivity contribution in [2.24, 2.45) is 0 Å². The van der Waals surface area contributed by atoms with Crippen LogP contribution in [0.1, 0.15) is 34.1 Å². The Kier molecular flexibility index (Phi) is 6.01. The lowest BCUT2D eigenvalue weighted by Crippen LogP contribution is -2.47. The van der Waals surface area contributed by atoms with Gasteiger partial charge in [0.1, 0.15) is 11.6 Å². The van der Waals surface area contributed by atoms with E-state index in [0.717, 1.165) is 6.08 Å². The maximum atomic E-state index is 13.7. The van der Waals surface area contributed by atoms with Crippen molar-refractivity contribution in [3.8, 4) is 0 Å². The van der Waals surface area contributed by atoms with E-state index >= 15 is 0 Å². The zero-order valence-electron chi connectivity index (χ0n) is 11.3. The Balaban J connectivity index is 4.73. The largest absolute Gasteiger partial charge is 0.444 e. The predicted molar refractivity (Wildman–Crippen MR) is 67.7 cm³/mol. The molecule has 0 aliphatic carbocycles. The van der Waals surface area contributed by atoms with E-state index in [9.17, 15) is 13.6 Å². The maximum Gasteiger partial charge on any atom is 0.408 e. The Bertz CT molecular complexity index is 319. The summed E-state index contributed by atoms with van der Waals surface area (Å²) in [4.78, 5) is 11.5. The average molecular weight is 261 g/mol. The Morgan fingerprint density at radius 2 is 2.00 bits per heavy atom. The van der Waals surface area contributed by atoms with Gasteiger partial charge in [0, 0.05) is 6.42 Å². The number of alkyl halides is 2. The van der Waals surface area contributed by atoms with E-state index in [1.54, 1.807) is 27.7 Å². The van der Waals surface area contributed by atoms with Crippen LogP contribution in [0.5, 0.6) is 0 Å². The Morgan fingerprint density at radius 3 is 2.39 bits per heavy atom. The fraction of sp³-hybridized carbons (Fsp3) is 0.615. The lowest BCUT2D eigenvalue weighted by atomic mass is 10.1. The highest BCUT2D eigenvalue weighted by molar-refractivity contribution is 5.68. The third-order valence-corrected chi connectivity index (χ3v) is 1.93. The van der Waals surface area contributed by atoms with E-state index in [-0.39, 0.29) is 0 Å². The molecule has 0 bridgehead atoms. The molecule has 0 saturated heterocycles. The molecule has 5 heteroatoms. The highest BCUT2D eigenvalue weighted by Crippen LogP contribution is 2.24. The van der Waals surface area contributed by atoms with Gasteiger partial charge in [-0.3, -0.25) is 0 Å². The number of ether oxygens (including phenoxy) is 1. The average Bonchev–Trinajstić information content (AvgIpc) is 2.13. The lowest BCUT2D eigenvalue weighted by molar-refractivity contribution is -0.0241. The van der Waals surface area contributed by atoms with Crippen molar-refractivity contribution in [2.45, 2.75) is 51.7 Å². The molecule has 0 rings (SSSR count). The van der Waals surface area contributed by atoms with Gasteiger partial charge < -0.3 is 10.1 Å². The van der Waals surface area contributed by atoms with Crippen molar-refractivity contribution in [3.05, 3.63) is 24.8 Å². The summed E-state index contributed by atoms with van der Waals surface area (Å²) in [5, 5.41) is 2.15. The van der Waals surface area contributed by atoms with Gasteiger partial charge in [0.25, 0.3) is 5.92 Å². The van der Waals surface area contributed by atoms with Crippen molar-refractivity contribution in [3.63, 3.8) is 0 Å². The van der Waals surface area contributed by atoms with Crippen molar-refractivity contribution < 1.29 is 18.3 Å². The predicted octanol–water partition coefficient (Wildman–Crippen LogP) is 3.67. The highest BCUT2D eigenvalue weighted by Gasteiger charge is 2.38. The van der Waals surface area contributed by atoms with Gasteiger partial charge in [0.15, 0.2) is 0 Å². The molecule has 1 atom stereocenters. The maximum absolute atomic E-state index is 13.7. The molecule has 3 nitrogen and oxygen atoms in total. The summed E-state index contributed by atoms with van der Waals surface area (Å²) >= 11 is 0. The van der Waals surface area contributed by atoms with Crippen LogP contribution in [0.4, 0.5) is 13.6 Å². The summed E-state index contributed by atoms with van der Waals surface area (Å²) in [6.45, 7) is 9.88. The molecular formula is C13H21F2NO2. The quantitative estimate of drug-likeness (QED) is 0.767. The molecule has 0 heterocycles. The summed E-state index contributed by atoms with van der Waals surface area (Å²) < 4.78 is 32.3. The number of rotatable bonds is 5. The van der Waals surface area contributed by atoms with E-state index in [4.69, 9.17) is 4.74 Å². The number of halogens is 2. The molecule has 0 aromatic heterocycles. The number of allylic oxidation sites excluding steroid dienone is 2. The van der Waals surface area contributed by atoms with Gasteiger partial charge in [-0.1, -0.05) is 18.2 Å². The van der Waals surface area contributed by atoms with Gasteiger partial charge in [0.2, 0.25) is 0 Å². The summed E-state index contributed by atoms with van der Waals surface area (Å²) in [5.41, 5.74) is -0.724. The van der Waals surface area contributed by atoms with Gasteiger partial charge in [-0.05, 0) is 27.7 Å². The molecule has 0 aromatic rings. The Hall–Kier alpha value is -1.39. The second-order valence-corrected chi connectivity index (χ2v) is 4.90. The lowest BCUT2D eigenvalue weighted by Gasteiger charge is -2.26. The van der Waals surface area contributed by atoms with E-state index in [1.165, 1.54) is 12.2 Å². The summed E-state index contributed by atoms with van der Waals surface area (Å²) in [6, 6.07) is -1.41. The van der Waals surface area contributed by atoms with E-state index in [2.05, 4.69) is 11.9 Å². The smallest absolute Gasteiger partial charge is 0.408 e. The zero-order valence-corrected chi connectivity index (χ0v) is 11.3. The van der Waals surface area contributed by atoms with Gasteiger partial charge >= 0.3 is 6.09 Å². The minimum atomic E-state index is -3.09. The second kappa shape index (κ2) is 6.52. The van der Waals surface area contributed by atoms with Crippen LogP contribution < -0.4 is 5.32 Å². The number of amides is 1. The Morgan fingerprint density at radius 1 is 1.44 bits per heavy atom. The third kappa shape index (κ3) is 6.37. The van der Waals surface area contributed by atoms with Gasteiger partial charge in [-0.15, -0.1) is 6.58 Å². The van der Waals surface area contributed by atoms with Gasteiger partial charge in [0.05, 0.1) is 0 Å². The van der Waals surface area contributed by atoms with E-state index in [1.807, 2.05) is 0 Å². The minimum Gasteiger partial charge on any atom is -0.444 e. The summed E-state index contributed by atoms with van der Waals surface area (Å²) in [5.74, 6) is -3.09. The van der Waals surface area contributed by atoms with E-state index < -0.39 is 30.1 Å². The second-order valence-electron chi connectivity index (χ2n) is 4.90. The van der Waals surface area contributed by atoms with Crippen LogP contribution in [0.3, 0.4) is 0 Å². The first-order valence-electron chi connectivity index (χ1n) is 5.73. The third-order valence-electron chi connectivity index (χ3n) is 1.93. The van der Waals surface area contributed by atoms with Crippen molar-refractivity contribution in [1.29, 1.82) is 0 Å². The molecular weight excluding hydrogens is 240 g/mol. The van der Waals surface area contributed by atoms with Crippen LogP contribution in [-0.4, -0.2) is 23.7 Å². The summed E-state index contributed by atoms with van der Waals surface area (Å²) in [7, 11) is 0. The molecule has 0 fully saturated rings. The summed E-state index contributed by atoms with van der Waals surface area (Å²) in [6.07, 6.45) is 2.42. The molecule has 0 aromatic carbocycles. The van der Waals surface area contributed by atoms with Crippen molar-refractivity contribution >= 4 is 6.09 Å². The first kappa shape index (κ1) is 16.6. The topological polar surface area (TPSA) is 38.3 Å². The molecule has 104 valence electrons. The molecule has 1 N–H and O–H groups in total. The van der Waals surface area contributed by atoms with Gasteiger partial charge in [-0.2, -0.15) is 0 Å². The minimum absolute atomic E-state index is 0.516. The fourth-order valence-electron chi connectivity index (χ4n) is 1.24. The van der Waals surface area contributed by atoms with E-state index in [0.29, 0.717) is 0 Å². The molecule has 0 radical (unpaired) electrons. The van der Waals surface area contributed by atoms with Crippen molar-refractivity contribution in [1.82, 2.24) is 5.32 Å².